The molecule has 0 heterocycles. The highest BCUT2D eigenvalue weighted by Gasteiger charge is 2.19. The summed E-state index contributed by atoms with van der Waals surface area (Å²) in [6, 6.07) is 0. The molecule has 67 heavy (non-hydrogen) atoms. The highest BCUT2D eigenvalue weighted by Crippen LogP contribution is 2.18. The first-order chi connectivity index (χ1) is 32.8. The molecule has 0 atom stereocenters. The zero-order valence-corrected chi connectivity index (χ0v) is 45.2. The average molecular weight is 952 g/mol. The molecule has 0 aliphatic carbocycles. The predicted molar refractivity (Wildman–Crippen MR) is 284 cm³/mol. The summed E-state index contributed by atoms with van der Waals surface area (Å²) >= 11 is 0. The second-order valence-electron chi connectivity index (χ2n) is 20.1. The Hall–Kier alpha value is -2.12. The normalized spacial score (nSPS) is 11.1. The van der Waals surface area contributed by atoms with Crippen molar-refractivity contribution in [2.24, 2.45) is 0 Å². The lowest BCUT2D eigenvalue weighted by Gasteiger charge is -2.18. The molecular weight excluding hydrogens is 837 g/mol. The maximum Gasteiger partial charge on any atom is 0.306 e. The molecule has 0 bridgehead atoms. The van der Waals surface area contributed by atoms with Crippen LogP contribution in [0.2, 0.25) is 0 Å². The van der Waals surface area contributed by atoms with Crippen molar-refractivity contribution in [3.05, 3.63) is 0 Å². The molecule has 0 fully saturated rings. The van der Waals surface area contributed by atoms with Gasteiger partial charge in [0.1, 0.15) is 13.2 Å². The first-order valence-corrected chi connectivity index (χ1v) is 29.5. The van der Waals surface area contributed by atoms with E-state index in [1.54, 1.807) is 0 Å². The summed E-state index contributed by atoms with van der Waals surface area (Å²) in [6.45, 7) is 7.79. The smallest absolute Gasteiger partial charge is 0.306 e. The van der Waals surface area contributed by atoms with Crippen molar-refractivity contribution in [2.45, 2.75) is 342 Å². The Labute approximate surface area is 416 Å². The van der Waals surface area contributed by atoms with E-state index in [1.165, 1.54) is 231 Å². The molecule has 0 aliphatic rings. The van der Waals surface area contributed by atoms with Crippen LogP contribution in [0.5, 0.6) is 0 Å². The quantitative estimate of drug-likeness (QED) is 0.0364. The monoisotopic (exact) mass is 951 g/mol. The maximum absolute atomic E-state index is 12.8. The summed E-state index contributed by atoms with van der Waals surface area (Å²) in [5.41, 5.74) is 0. The van der Waals surface area contributed by atoms with E-state index in [2.05, 4.69) is 20.8 Å². The van der Waals surface area contributed by atoms with Gasteiger partial charge in [0, 0.05) is 26.2 Å². The van der Waals surface area contributed by atoms with Crippen LogP contribution in [0.4, 0.5) is 0 Å². The SMILES string of the molecule is CC(=O)O.CCCCCCCCCCCCCCCCCC(=O)OCC(COC(=O)CCCCCCCCCCCCCCCCC)OC(=O)CCCCCCCCCCCCCCCCC. The van der Waals surface area contributed by atoms with Crippen molar-refractivity contribution in [1.29, 1.82) is 0 Å². The number of ether oxygens (including phenoxy) is 3. The number of hydrogen-bond donors (Lipinski definition) is 1. The van der Waals surface area contributed by atoms with Crippen LogP contribution in [-0.2, 0) is 33.4 Å². The lowest BCUT2D eigenvalue weighted by molar-refractivity contribution is -0.167. The Kier molecular flexibility index (Phi) is 58.2. The van der Waals surface area contributed by atoms with Crippen molar-refractivity contribution >= 4 is 23.9 Å². The minimum absolute atomic E-state index is 0.0611. The van der Waals surface area contributed by atoms with Crippen molar-refractivity contribution in [3.8, 4) is 0 Å². The summed E-state index contributed by atoms with van der Waals surface area (Å²) in [4.78, 5) is 47.1. The number of carbonyl (C=O) groups excluding carboxylic acids is 3. The van der Waals surface area contributed by atoms with E-state index < -0.39 is 12.1 Å². The van der Waals surface area contributed by atoms with Gasteiger partial charge in [0.2, 0.25) is 0 Å². The van der Waals surface area contributed by atoms with Crippen LogP contribution in [-0.4, -0.2) is 48.3 Å². The van der Waals surface area contributed by atoms with E-state index >= 15 is 0 Å². The third-order valence-corrected chi connectivity index (χ3v) is 13.1. The van der Waals surface area contributed by atoms with Crippen LogP contribution >= 0.6 is 0 Å². The van der Waals surface area contributed by atoms with Crippen molar-refractivity contribution in [3.63, 3.8) is 0 Å². The van der Waals surface area contributed by atoms with Gasteiger partial charge in [-0.05, 0) is 19.3 Å². The largest absolute Gasteiger partial charge is 0.481 e. The van der Waals surface area contributed by atoms with Gasteiger partial charge in [0.25, 0.3) is 5.97 Å². The van der Waals surface area contributed by atoms with Gasteiger partial charge in [-0.3, -0.25) is 19.2 Å². The van der Waals surface area contributed by atoms with E-state index in [1.807, 2.05) is 0 Å². The number of carboxylic acids is 1. The number of carbonyl (C=O) groups is 4. The zero-order valence-electron chi connectivity index (χ0n) is 45.2. The molecule has 0 amide bonds. The van der Waals surface area contributed by atoms with Gasteiger partial charge in [-0.15, -0.1) is 0 Å². The van der Waals surface area contributed by atoms with E-state index in [9.17, 15) is 14.4 Å². The van der Waals surface area contributed by atoms with Crippen LogP contribution in [0, 0.1) is 0 Å². The Morgan fingerprint density at radius 1 is 0.299 bits per heavy atom. The second kappa shape index (κ2) is 58.2. The fourth-order valence-electron chi connectivity index (χ4n) is 8.80. The van der Waals surface area contributed by atoms with Crippen LogP contribution in [0.1, 0.15) is 336 Å². The molecule has 398 valence electrons. The van der Waals surface area contributed by atoms with Gasteiger partial charge in [-0.2, -0.15) is 0 Å². The van der Waals surface area contributed by atoms with E-state index in [0.29, 0.717) is 19.3 Å². The lowest BCUT2D eigenvalue weighted by Crippen LogP contribution is -2.30. The molecule has 0 saturated carbocycles. The highest BCUT2D eigenvalue weighted by molar-refractivity contribution is 5.71. The second-order valence-corrected chi connectivity index (χ2v) is 20.1. The number of aliphatic carboxylic acids is 1. The Morgan fingerprint density at radius 2 is 0.463 bits per heavy atom. The maximum atomic E-state index is 12.8. The number of rotatable bonds is 53. The van der Waals surface area contributed by atoms with Crippen LogP contribution in [0.25, 0.3) is 0 Å². The molecular formula is C59H114O8. The molecule has 0 aromatic rings. The number of carboxylic acid groups (broad SMARTS) is 1. The van der Waals surface area contributed by atoms with Gasteiger partial charge in [-0.25, -0.2) is 0 Å². The Bertz CT molecular complexity index is 977. The van der Waals surface area contributed by atoms with E-state index in [0.717, 1.165) is 64.7 Å². The number of esters is 3. The average Bonchev–Trinajstić information content (AvgIpc) is 3.30. The van der Waals surface area contributed by atoms with Gasteiger partial charge >= 0.3 is 17.9 Å². The van der Waals surface area contributed by atoms with Crippen molar-refractivity contribution < 1.29 is 38.5 Å². The minimum atomic E-state index is -0.833. The Morgan fingerprint density at radius 3 is 0.657 bits per heavy atom. The minimum Gasteiger partial charge on any atom is -0.481 e. The summed E-state index contributed by atoms with van der Waals surface area (Å²) < 4.78 is 16.9. The summed E-state index contributed by atoms with van der Waals surface area (Å²) in [6.07, 6.45) is 58.0. The summed E-state index contributed by atoms with van der Waals surface area (Å²) in [5, 5.41) is 7.42. The zero-order chi connectivity index (χ0) is 49.4. The third kappa shape index (κ3) is 61.9. The van der Waals surface area contributed by atoms with E-state index in [4.69, 9.17) is 24.1 Å². The Balaban J connectivity index is 0. The van der Waals surface area contributed by atoms with Crippen LogP contribution in [0.15, 0.2) is 0 Å². The number of unbranched alkanes of at least 4 members (excludes halogenated alkanes) is 42. The molecule has 0 spiro atoms. The standard InChI is InChI=1S/C57H110O6.C2H4O2/c1-4-7-10-13-16-19-22-25-28-31-34-37-40-43-46-49-55(58)61-52-54(63-57(60)51-48-45-42-39-36-33-30-27-24-21-18-15-12-9-6-3)53-62-56(59)50-47-44-41-38-35-32-29-26-23-20-17-14-11-8-5-2;1-2(3)4/h54H,4-53H2,1-3H3;1H3,(H,3,4). The van der Waals surface area contributed by atoms with Gasteiger partial charge in [0.05, 0.1) is 0 Å². The van der Waals surface area contributed by atoms with Gasteiger partial charge < -0.3 is 19.3 Å². The molecule has 8 heteroatoms. The number of hydrogen-bond acceptors (Lipinski definition) is 7. The molecule has 0 aromatic heterocycles. The fraction of sp³-hybridized carbons (Fsp3) is 0.932. The lowest BCUT2D eigenvalue weighted by atomic mass is 10.0. The third-order valence-electron chi connectivity index (χ3n) is 13.1. The topological polar surface area (TPSA) is 116 Å². The van der Waals surface area contributed by atoms with Gasteiger partial charge in [-0.1, -0.05) is 290 Å². The van der Waals surface area contributed by atoms with Gasteiger partial charge in [0.15, 0.2) is 6.10 Å². The molecule has 0 unspecified atom stereocenters. The molecule has 1 N–H and O–H groups in total. The van der Waals surface area contributed by atoms with Crippen molar-refractivity contribution in [2.75, 3.05) is 13.2 Å². The molecule has 0 radical (unpaired) electrons. The van der Waals surface area contributed by atoms with E-state index in [-0.39, 0.29) is 31.1 Å². The predicted octanol–water partition coefficient (Wildman–Crippen LogP) is 18.9. The van der Waals surface area contributed by atoms with Crippen LogP contribution in [0.3, 0.4) is 0 Å². The molecule has 0 saturated heterocycles. The molecule has 0 aliphatic heterocycles. The first-order valence-electron chi connectivity index (χ1n) is 29.5. The molecule has 0 aromatic carbocycles. The fourth-order valence-corrected chi connectivity index (χ4v) is 8.80. The first kappa shape index (κ1) is 67.0. The summed E-state index contributed by atoms with van der Waals surface area (Å²) in [7, 11) is 0. The molecule has 8 nitrogen and oxygen atoms in total. The van der Waals surface area contributed by atoms with Crippen LogP contribution < -0.4 is 0 Å². The highest BCUT2D eigenvalue weighted by atomic mass is 16.6. The van der Waals surface area contributed by atoms with Crippen molar-refractivity contribution in [1.82, 2.24) is 0 Å². The summed E-state index contributed by atoms with van der Waals surface area (Å²) in [5.74, 6) is -1.67. The molecule has 0 rings (SSSR count).